The summed E-state index contributed by atoms with van der Waals surface area (Å²) in [5.74, 6) is 5.27. The topological polar surface area (TPSA) is 41.3 Å². The first-order valence-electron chi connectivity index (χ1n) is 6.21. The van der Waals surface area contributed by atoms with Gasteiger partial charge in [-0.25, -0.2) is 9.82 Å². The Labute approximate surface area is 123 Å². The number of halogens is 2. The largest absolute Gasteiger partial charge is 0.378 e. The van der Waals surface area contributed by atoms with Gasteiger partial charge in [-0.1, -0.05) is 23.7 Å². The van der Waals surface area contributed by atoms with Gasteiger partial charge >= 0.3 is 0 Å². The van der Waals surface area contributed by atoms with E-state index in [2.05, 4.69) is 5.43 Å². The molecule has 3 nitrogen and oxygen atoms in total. The molecule has 0 bridgehead atoms. The van der Waals surface area contributed by atoms with Crippen LogP contribution in [0, 0.1) is 5.82 Å². The minimum Gasteiger partial charge on any atom is -0.378 e. The van der Waals surface area contributed by atoms with E-state index in [1.54, 1.807) is 0 Å². The summed E-state index contributed by atoms with van der Waals surface area (Å²) in [4.78, 5) is 2.00. The highest BCUT2D eigenvalue weighted by Crippen LogP contribution is 2.29. The van der Waals surface area contributed by atoms with Gasteiger partial charge in [0, 0.05) is 24.8 Å². The van der Waals surface area contributed by atoms with Crippen molar-refractivity contribution in [2.45, 2.75) is 6.04 Å². The molecule has 0 aliphatic carbocycles. The Kier molecular flexibility index (Phi) is 4.60. The summed E-state index contributed by atoms with van der Waals surface area (Å²) in [6, 6.07) is 11.8. The summed E-state index contributed by atoms with van der Waals surface area (Å²) in [7, 11) is 3.94. The molecule has 0 aliphatic heterocycles. The number of rotatable bonds is 4. The van der Waals surface area contributed by atoms with Gasteiger partial charge in [0.05, 0.1) is 6.04 Å². The van der Waals surface area contributed by atoms with E-state index in [-0.39, 0.29) is 11.9 Å². The number of anilines is 1. The molecule has 0 fully saturated rings. The molecule has 0 aliphatic rings. The van der Waals surface area contributed by atoms with Crippen molar-refractivity contribution in [3.8, 4) is 0 Å². The minimum absolute atomic E-state index is 0.338. The molecule has 20 heavy (non-hydrogen) atoms. The number of hydrogen-bond donors (Lipinski definition) is 2. The summed E-state index contributed by atoms with van der Waals surface area (Å²) in [5.41, 5.74) is 5.30. The quantitative estimate of drug-likeness (QED) is 0.672. The summed E-state index contributed by atoms with van der Waals surface area (Å²) in [6.07, 6.45) is 0. The van der Waals surface area contributed by atoms with Crippen molar-refractivity contribution in [3.05, 3.63) is 64.4 Å². The average molecular weight is 294 g/mol. The van der Waals surface area contributed by atoms with Crippen LogP contribution in [0.15, 0.2) is 42.5 Å². The third kappa shape index (κ3) is 3.10. The van der Waals surface area contributed by atoms with Crippen LogP contribution in [0.2, 0.25) is 5.02 Å². The lowest BCUT2D eigenvalue weighted by Crippen LogP contribution is -2.29. The molecule has 1 unspecified atom stereocenters. The van der Waals surface area contributed by atoms with Crippen molar-refractivity contribution in [3.63, 3.8) is 0 Å². The zero-order chi connectivity index (χ0) is 14.7. The van der Waals surface area contributed by atoms with E-state index in [4.69, 9.17) is 17.4 Å². The van der Waals surface area contributed by atoms with Crippen molar-refractivity contribution in [2.75, 3.05) is 19.0 Å². The third-order valence-electron chi connectivity index (χ3n) is 3.18. The van der Waals surface area contributed by atoms with Crippen LogP contribution in [0.5, 0.6) is 0 Å². The van der Waals surface area contributed by atoms with Crippen LogP contribution in [0.4, 0.5) is 10.1 Å². The molecule has 0 radical (unpaired) electrons. The maximum Gasteiger partial charge on any atom is 0.123 e. The van der Waals surface area contributed by atoms with Gasteiger partial charge in [-0.2, -0.15) is 0 Å². The van der Waals surface area contributed by atoms with E-state index < -0.39 is 0 Å². The molecule has 2 aromatic carbocycles. The van der Waals surface area contributed by atoms with E-state index in [0.717, 1.165) is 11.3 Å². The van der Waals surface area contributed by atoms with Gasteiger partial charge in [-0.3, -0.25) is 5.84 Å². The number of benzene rings is 2. The van der Waals surface area contributed by atoms with Crippen molar-refractivity contribution in [2.24, 2.45) is 5.84 Å². The van der Waals surface area contributed by atoms with Gasteiger partial charge in [-0.15, -0.1) is 0 Å². The first kappa shape index (κ1) is 14.8. The Bertz CT molecular complexity index is 584. The average Bonchev–Trinajstić information content (AvgIpc) is 2.44. The van der Waals surface area contributed by atoms with Gasteiger partial charge in [0.1, 0.15) is 5.82 Å². The molecule has 5 heteroatoms. The smallest absolute Gasteiger partial charge is 0.123 e. The van der Waals surface area contributed by atoms with Crippen LogP contribution in [0.25, 0.3) is 0 Å². The Morgan fingerprint density at radius 1 is 1.15 bits per heavy atom. The fraction of sp³-hybridized carbons (Fsp3) is 0.200. The SMILES string of the molecule is CN(C)c1ccc(C(NN)c2cc(F)ccc2Cl)cc1. The van der Waals surface area contributed by atoms with Gasteiger partial charge < -0.3 is 4.90 Å². The van der Waals surface area contributed by atoms with Gasteiger partial charge in [0.25, 0.3) is 0 Å². The lowest BCUT2D eigenvalue weighted by Gasteiger charge is -2.20. The molecule has 0 spiro atoms. The van der Waals surface area contributed by atoms with E-state index in [1.165, 1.54) is 18.2 Å². The van der Waals surface area contributed by atoms with E-state index in [9.17, 15) is 4.39 Å². The molecule has 0 saturated carbocycles. The van der Waals surface area contributed by atoms with E-state index in [1.807, 2.05) is 43.3 Å². The second-order valence-corrected chi connectivity index (χ2v) is 5.16. The highest BCUT2D eigenvalue weighted by Gasteiger charge is 2.16. The lowest BCUT2D eigenvalue weighted by molar-refractivity contribution is 0.605. The predicted octanol–water partition coefficient (Wildman–Crippen LogP) is 3.10. The van der Waals surface area contributed by atoms with Gasteiger partial charge in [0.15, 0.2) is 0 Å². The molecule has 0 amide bonds. The van der Waals surface area contributed by atoms with Gasteiger partial charge in [0.2, 0.25) is 0 Å². The number of nitrogens with one attached hydrogen (secondary N) is 1. The first-order valence-corrected chi connectivity index (χ1v) is 6.59. The van der Waals surface area contributed by atoms with Crippen LogP contribution in [0.1, 0.15) is 17.2 Å². The fourth-order valence-electron chi connectivity index (χ4n) is 2.07. The maximum absolute atomic E-state index is 13.4. The highest BCUT2D eigenvalue weighted by atomic mass is 35.5. The van der Waals surface area contributed by atoms with Gasteiger partial charge in [-0.05, 0) is 41.5 Å². The molecule has 2 aromatic rings. The Hall–Kier alpha value is -1.62. The summed E-state index contributed by atoms with van der Waals surface area (Å²) in [5, 5.41) is 0.478. The minimum atomic E-state index is -0.352. The Morgan fingerprint density at radius 2 is 1.80 bits per heavy atom. The Morgan fingerprint density at radius 3 is 2.35 bits per heavy atom. The van der Waals surface area contributed by atoms with Crippen molar-refractivity contribution in [1.29, 1.82) is 0 Å². The van der Waals surface area contributed by atoms with Crippen LogP contribution in [0.3, 0.4) is 0 Å². The summed E-state index contributed by atoms with van der Waals surface area (Å²) >= 11 is 6.13. The number of nitrogens with zero attached hydrogens (tertiary/aromatic N) is 1. The maximum atomic E-state index is 13.4. The second-order valence-electron chi connectivity index (χ2n) is 4.75. The molecule has 0 aromatic heterocycles. The van der Waals surface area contributed by atoms with E-state index >= 15 is 0 Å². The van der Waals surface area contributed by atoms with Crippen molar-refractivity contribution in [1.82, 2.24) is 5.43 Å². The molecular formula is C15H17ClFN3. The molecule has 106 valence electrons. The zero-order valence-electron chi connectivity index (χ0n) is 11.4. The fourth-order valence-corrected chi connectivity index (χ4v) is 2.29. The molecule has 1 atom stereocenters. The Balaban J connectivity index is 2.39. The molecule has 3 N–H and O–H groups in total. The molecule has 2 rings (SSSR count). The predicted molar refractivity (Wildman–Crippen MR) is 81.3 cm³/mol. The second kappa shape index (κ2) is 6.22. The summed E-state index contributed by atoms with van der Waals surface area (Å²) in [6.45, 7) is 0. The van der Waals surface area contributed by atoms with Crippen LogP contribution in [-0.2, 0) is 0 Å². The number of nitrogens with two attached hydrogens (primary N) is 1. The van der Waals surface area contributed by atoms with Crippen LogP contribution >= 0.6 is 11.6 Å². The van der Waals surface area contributed by atoms with Crippen molar-refractivity contribution >= 4 is 17.3 Å². The molecular weight excluding hydrogens is 277 g/mol. The van der Waals surface area contributed by atoms with Crippen LogP contribution < -0.4 is 16.2 Å². The zero-order valence-corrected chi connectivity index (χ0v) is 12.2. The third-order valence-corrected chi connectivity index (χ3v) is 3.52. The summed E-state index contributed by atoms with van der Waals surface area (Å²) < 4.78 is 13.4. The number of hydrogen-bond acceptors (Lipinski definition) is 3. The lowest BCUT2D eigenvalue weighted by atomic mass is 9.99. The monoisotopic (exact) mass is 293 g/mol. The highest BCUT2D eigenvalue weighted by molar-refractivity contribution is 6.31. The first-order chi connectivity index (χ1) is 9.52. The van der Waals surface area contributed by atoms with Crippen LogP contribution in [-0.4, -0.2) is 14.1 Å². The number of hydrazine groups is 1. The van der Waals surface area contributed by atoms with E-state index in [0.29, 0.717) is 10.6 Å². The molecule has 0 heterocycles. The standard InChI is InChI=1S/C15H17ClFN3/c1-20(2)12-6-3-10(4-7-12)15(19-18)13-9-11(17)5-8-14(13)16/h3-9,15,19H,18H2,1-2H3. The normalized spacial score (nSPS) is 12.2. The van der Waals surface area contributed by atoms with Crippen molar-refractivity contribution < 1.29 is 4.39 Å². The molecule has 0 saturated heterocycles.